The molecule has 0 spiro atoms. The van der Waals surface area contributed by atoms with Crippen molar-refractivity contribution in [2.75, 3.05) is 37.7 Å². The van der Waals surface area contributed by atoms with Crippen molar-refractivity contribution in [3.05, 3.63) is 71.8 Å². The van der Waals surface area contributed by atoms with Gasteiger partial charge in [0.15, 0.2) is 0 Å². The molecule has 0 aromatic heterocycles. The first kappa shape index (κ1) is 16.9. The molecule has 1 aliphatic heterocycles. The van der Waals surface area contributed by atoms with E-state index in [1.54, 1.807) is 6.08 Å². The van der Waals surface area contributed by atoms with Crippen LogP contribution in [0.4, 0.5) is 5.69 Å². The topological polar surface area (TPSA) is 15.7 Å². The summed E-state index contributed by atoms with van der Waals surface area (Å²) in [4.78, 5) is 4.86. The fraction of sp³-hybridized carbons (Fsp3) is 0.300. The number of piperazine rings is 1. The second-order valence-electron chi connectivity index (χ2n) is 5.95. The number of hydrogen-bond donors (Lipinski definition) is 0. The minimum atomic E-state index is 0.541. The summed E-state index contributed by atoms with van der Waals surface area (Å²) in [6.07, 6.45) is 1.78. The molecule has 1 heterocycles. The molecule has 1 aliphatic rings. The van der Waals surface area contributed by atoms with E-state index in [0.717, 1.165) is 43.5 Å². The lowest BCUT2D eigenvalue weighted by Crippen LogP contribution is -2.46. The average molecular weight is 343 g/mol. The van der Waals surface area contributed by atoms with Crippen molar-refractivity contribution in [2.45, 2.75) is 6.54 Å². The number of nitrogens with zero attached hydrogens (tertiary/aromatic N) is 2. The quantitative estimate of drug-likeness (QED) is 0.731. The minimum Gasteiger partial charge on any atom is -0.489 e. The first-order valence-corrected chi connectivity index (χ1v) is 8.68. The van der Waals surface area contributed by atoms with Crippen LogP contribution in [-0.4, -0.2) is 37.7 Å². The van der Waals surface area contributed by atoms with Crippen LogP contribution >= 0.6 is 11.6 Å². The van der Waals surface area contributed by atoms with Gasteiger partial charge in [-0.1, -0.05) is 48.5 Å². The molecule has 0 unspecified atom stereocenters. The van der Waals surface area contributed by atoms with E-state index in [0.29, 0.717) is 6.61 Å². The first-order chi connectivity index (χ1) is 11.8. The Morgan fingerprint density at radius 2 is 1.83 bits per heavy atom. The van der Waals surface area contributed by atoms with E-state index >= 15 is 0 Å². The van der Waals surface area contributed by atoms with Gasteiger partial charge in [0.1, 0.15) is 12.4 Å². The number of ether oxygens (including phenoxy) is 1. The van der Waals surface area contributed by atoms with Gasteiger partial charge < -0.3 is 9.64 Å². The Morgan fingerprint density at radius 1 is 1.04 bits per heavy atom. The largest absolute Gasteiger partial charge is 0.489 e. The summed E-state index contributed by atoms with van der Waals surface area (Å²) in [7, 11) is 0. The Balaban J connectivity index is 1.59. The highest BCUT2D eigenvalue weighted by Gasteiger charge is 2.18. The average Bonchev–Trinajstić information content (AvgIpc) is 2.62. The molecule has 3 nitrogen and oxygen atoms in total. The van der Waals surface area contributed by atoms with Crippen LogP contribution in [0, 0.1) is 0 Å². The van der Waals surface area contributed by atoms with Crippen LogP contribution in [0.25, 0.3) is 0 Å². The summed E-state index contributed by atoms with van der Waals surface area (Å²) in [6.45, 7) is 9.25. The van der Waals surface area contributed by atoms with Crippen LogP contribution in [0.1, 0.15) is 5.56 Å². The monoisotopic (exact) mass is 342 g/mol. The zero-order valence-corrected chi connectivity index (χ0v) is 14.6. The molecule has 3 rings (SSSR count). The van der Waals surface area contributed by atoms with Crippen LogP contribution in [0.5, 0.6) is 5.75 Å². The maximum Gasteiger partial charge on any atom is 0.124 e. The third kappa shape index (κ3) is 4.31. The van der Waals surface area contributed by atoms with Gasteiger partial charge in [0.25, 0.3) is 0 Å². The number of para-hydroxylation sites is 1. The lowest BCUT2D eigenvalue weighted by atomic mass is 10.1. The molecule has 0 N–H and O–H groups in total. The van der Waals surface area contributed by atoms with Gasteiger partial charge in [0.05, 0.1) is 0 Å². The molecule has 1 fully saturated rings. The zero-order chi connectivity index (χ0) is 16.8. The smallest absolute Gasteiger partial charge is 0.124 e. The molecule has 4 heteroatoms. The molecule has 1 saturated heterocycles. The van der Waals surface area contributed by atoms with E-state index in [9.17, 15) is 0 Å². The van der Waals surface area contributed by atoms with Crippen LogP contribution in [0.15, 0.2) is 61.2 Å². The van der Waals surface area contributed by atoms with Crippen molar-refractivity contribution in [3.8, 4) is 5.75 Å². The summed E-state index contributed by atoms with van der Waals surface area (Å²) in [5.74, 6) is 0.953. The van der Waals surface area contributed by atoms with Crippen molar-refractivity contribution < 1.29 is 4.74 Å². The Hall–Kier alpha value is -1.97. The molecule has 0 saturated carbocycles. The highest BCUT2D eigenvalue weighted by Crippen LogP contribution is 2.23. The van der Waals surface area contributed by atoms with Crippen molar-refractivity contribution in [1.29, 1.82) is 0 Å². The summed E-state index contributed by atoms with van der Waals surface area (Å²) < 4.78 is 5.76. The number of benzene rings is 2. The summed E-state index contributed by atoms with van der Waals surface area (Å²) in [5.41, 5.74) is 2.44. The van der Waals surface area contributed by atoms with E-state index in [1.807, 2.05) is 30.3 Å². The first-order valence-electron chi connectivity index (χ1n) is 8.31. The Kier molecular flexibility index (Phi) is 5.78. The predicted octanol–water partition coefficient (Wildman–Crippen LogP) is 4.23. The van der Waals surface area contributed by atoms with E-state index in [1.165, 1.54) is 11.3 Å². The number of halogens is 1. The lowest BCUT2D eigenvalue weighted by molar-refractivity contribution is 0.244. The van der Waals surface area contributed by atoms with Gasteiger partial charge in [-0.15, -0.1) is 0 Å². The van der Waals surface area contributed by atoms with E-state index in [4.69, 9.17) is 16.3 Å². The van der Waals surface area contributed by atoms with Gasteiger partial charge in [-0.3, -0.25) is 4.90 Å². The molecular formula is C20H23ClN2O. The maximum atomic E-state index is 6.10. The van der Waals surface area contributed by atoms with Crippen molar-refractivity contribution >= 4 is 17.3 Å². The molecule has 2 aromatic rings. The number of rotatable bonds is 6. The van der Waals surface area contributed by atoms with Crippen LogP contribution in [-0.2, 0) is 6.54 Å². The third-order valence-corrected chi connectivity index (χ3v) is 4.50. The zero-order valence-electron chi connectivity index (χ0n) is 13.8. The molecule has 0 atom stereocenters. The summed E-state index contributed by atoms with van der Waals surface area (Å²) in [5, 5.41) is 0.795. The number of hydrogen-bond acceptors (Lipinski definition) is 3. The molecule has 0 radical (unpaired) electrons. The van der Waals surface area contributed by atoms with Gasteiger partial charge in [-0.25, -0.2) is 0 Å². The van der Waals surface area contributed by atoms with Gasteiger partial charge in [-0.05, 0) is 24.3 Å². The molecule has 126 valence electrons. The third-order valence-electron chi connectivity index (χ3n) is 4.27. The molecule has 0 aliphatic carbocycles. The Morgan fingerprint density at radius 3 is 2.58 bits per heavy atom. The predicted molar refractivity (Wildman–Crippen MR) is 101 cm³/mol. The van der Waals surface area contributed by atoms with Crippen molar-refractivity contribution in [3.63, 3.8) is 0 Å². The van der Waals surface area contributed by atoms with Gasteiger partial charge in [0, 0.05) is 49.0 Å². The second kappa shape index (κ2) is 8.22. The van der Waals surface area contributed by atoms with E-state index < -0.39 is 0 Å². The SMILES string of the molecule is C=CCOc1ccccc1CN1CCN(c2cccc(Cl)c2)CC1. The highest BCUT2D eigenvalue weighted by atomic mass is 35.5. The molecule has 0 amide bonds. The molecule has 0 bridgehead atoms. The minimum absolute atomic E-state index is 0.541. The fourth-order valence-electron chi connectivity index (χ4n) is 3.00. The highest BCUT2D eigenvalue weighted by molar-refractivity contribution is 6.30. The molecular weight excluding hydrogens is 320 g/mol. The maximum absolute atomic E-state index is 6.10. The standard InChI is InChI=1S/C20H23ClN2O/c1-2-14-24-20-9-4-3-6-17(20)16-22-10-12-23(13-11-22)19-8-5-7-18(21)15-19/h2-9,15H,1,10-14,16H2. The van der Waals surface area contributed by atoms with E-state index in [2.05, 4.69) is 34.6 Å². The van der Waals surface area contributed by atoms with Gasteiger partial charge in [0.2, 0.25) is 0 Å². The van der Waals surface area contributed by atoms with Crippen molar-refractivity contribution in [1.82, 2.24) is 4.90 Å². The van der Waals surface area contributed by atoms with Crippen LogP contribution < -0.4 is 9.64 Å². The fourth-order valence-corrected chi connectivity index (χ4v) is 3.19. The van der Waals surface area contributed by atoms with Crippen LogP contribution in [0.2, 0.25) is 5.02 Å². The Bertz CT molecular complexity index is 681. The molecule has 2 aromatic carbocycles. The second-order valence-corrected chi connectivity index (χ2v) is 6.39. The lowest BCUT2D eigenvalue weighted by Gasteiger charge is -2.36. The van der Waals surface area contributed by atoms with Gasteiger partial charge in [-0.2, -0.15) is 0 Å². The van der Waals surface area contributed by atoms with Crippen molar-refractivity contribution in [2.24, 2.45) is 0 Å². The summed E-state index contributed by atoms with van der Waals surface area (Å²) in [6, 6.07) is 16.3. The molecule has 24 heavy (non-hydrogen) atoms. The number of anilines is 1. The normalized spacial score (nSPS) is 15.3. The van der Waals surface area contributed by atoms with E-state index in [-0.39, 0.29) is 0 Å². The summed E-state index contributed by atoms with van der Waals surface area (Å²) >= 11 is 6.10. The van der Waals surface area contributed by atoms with Gasteiger partial charge >= 0.3 is 0 Å². The Labute approximate surface area is 149 Å². The van der Waals surface area contributed by atoms with Crippen LogP contribution in [0.3, 0.4) is 0 Å².